The molecule has 2 aliphatic rings. The molecule has 1 aliphatic carbocycles. The minimum absolute atomic E-state index is 0. The number of aliphatic imine (C=N–C) groups is 1. The van der Waals surface area contributed by atoms with Crippen molar-refractivity contribution in [3.05, 3.63) is 0 Å². The summed E-state index contributed by atoms with van der Waals surface area (Å²) in [6.07, 6.45) is 5.99. The number of carbonyl (C=O) groups excluding carboxylic acids is 1. The van der Waals surface area contributed by atoms with E-state index in [1.165, 1.54) is 25.7 Å². The van der Waals surface area contributed by atoms with E-state index in [9.17, 15) is 4.79 Å². The topological polar surface area (TPSA) is 66.0 Å². The smallest absolute Gasteiger partial charge is 0.407 e. The molecule has 0 aromatic carbocycles. The van der Waals surface area contributed by atoms with Gasteiger partial charge in [0.05, 0.1) is 0 Å². The number of hydrogen-bond acceptors (Lipinski definition) is 3. The van der Waals surface area contributed by atoms with Crippen LogP contribution in [0.2, 0.25) is 0 Å². The van der Waals surface area contributed by atoms with Gasteiger partial charge in [-0.1, -0.05) is 12.8 Å². The van der Waals surface area contributed by atoms with Crippen molar-refractivity contribution in [2.75, 3.05) is 32.7 Å². The Morgan fingerprint density at radius 2 is 1.77 bits per heavy atom. The van der Waals surface area contributed by atoms with Crippen LogP contribution in [0.5, 0.6) is 0 Å². The Morgan fingerprint density at radius 1 is 1.15 bits per heavy atom. The lowest BCUT2D eigenvalue weighted by Gasteiger charge is -2.22. The molecule has 7 heteroatoms. The number of halogens is 1. The van der Waals surface area contributed by atoms with Crippen molar-refractivity contribution in [3.63, 3.8) is 0 Å². The molecule has 2 rings (SSSR count). The van der Waals surface area contributed by atoms with Gasteiger partial charge in [0.25, 0.3) is 0 Å². The number of guanidine groups is 1. The van der Waals surface area contributed by atoms with E-state index in [1.54, 1.807) is 0 Å². The molecule has 1 saturated heterocycles. The number of alkyl carbamates (subject to hydrolysis) is 1. The molecule has 0 aromatic rings. The van der Waals surface area contributed by atoms with Gasteiger partial charge >= 0.3 is 6.09 Å². The second-order valence-corrected chi connectivity index (χ2v) is 8.23. The first-order valence-electron chi connectivity index (χ1n) is 9.89. The first kappa shape index (κ1) is 23.3. The molecule has 0 aromatic heterocycles. The van der Waals surface area contributed by atoms with Gasteiger partial charge in [0.2, 0.25) is 0 Å². The van der Waals surface area contributed by atoms with E-state index in [4.69, 9.17) is 9.73 Å². The number of amides is 1. The fourth-order valence-electron chi connectivity index (χ4n) is 3.77. The highest BCUT2D eigenvalue weighted by Gasteiger charge is 2.35. The first-order valence-corrected chi connectivity index (χ1v) is 9.89. The van der Waals surface area contributed by atoms with E-state index in [0.717, 1.165) is 43.9 Å². The molecule has 6 nitrogen and oxygen atoms in total. The van der Waals surface area contributed by atoms with Crippen LogP contribution in [0.25, 0.3) is 0 Å². The standard InChI is InChI=1S/C19H36N4O2.HI/c1-5-20-17(23-13-15-9-6-7-10-16(15)14-23)21-11-8-12-22-18(24)25-19(2,3)4;/h15-16H,5-14H2,1-4H3,(H,20,21)(H,22,24);1H. The maximum Gasteiger partial charge on any atom is 0.407 e. The molecule has 2 unspecified atom stereocenters. The molecule has 1 aliphatic heterocycles. The SMILES string of the molecule is CCNC(=NCCCNC(=O)OC(C)(C)C)N1CC2CCCCC2C1.I. The van der Waals surface area contributed by atoms with Crippen LogP contribution < -0.4 is 10.6 Å². The molecule has 152 valence electrons. The first-order chi connectivity index (χ1) is 11.9. The molecule has 1 heterocycles. The van der Waals surface area contributed by atoms with Crippen molar-refractivity contribution < 1.29 is 9.53 Å². The molecule has 0 bridgehead atoms. The number of nitrogens with one attached hydrogen (secondary N) is 2. The second kappa shape index (κ2) is 11.2. The summed E-state index contributed by atoms with van der Waals surface area (Å²) in [5.41, 5.74) is -0.451. The molecular weight excluding hydrogens is 443 g/mol. The lowest BCUT2D eigenvalue weighted by Crippen LogP contribution is -2.40. The predicted molar refractivity (Wildman–Crippen MR) is 117 cm³/mol. The summed E-state index contributed by atoms with van der Waals surface area (Å²) in [6, 6.07) is 0. The predicted octanol–water partition coefficient (Wildman–Crippen LogP) is 3.61. The number of ether oxygens (including phenoxy) is 1. The van der Waals surface area contributed by atoms with Crippen LogP contribution in [0, 0.1) is 11.8 Å². The van der Waals surface area contributed by atoms with E-state index in [0.29, 0.717) is 13.1 Å². The number of carbonyl (C=O) groups is 1. The van der Waals surface area contributed by atoms with E-state index in [2.05, 4.69) is 22.5 Å². The minimum atomic E-state index is -0.451. The normalized spacial score (nSPS) is 23.1. The Balaban J connectivity index is 0.00000338. The van der Waals surface area contributed by atoms with Gasteiger partial charge in [-0.05, 0) is 58.8 Å². The Morgan fingerprint density at radius 3 is 2.31 bits per heavy atom. The van der Waals surface area contributed by atoms with Crippen LogP contribution in [-0.2, 0) is 4.74 Å². The van der Waals surface area contributed by atoms with Gasteiger partial charge in [0, 0.05) is 32.7 Å². The maximum atomic E-state index is 11.6. The second-order valence-electron chi connectivity index (χ2n) is 8.23. The number of rotatable bonds is 5. The molecule has 0 spiro atoms. The third-order valence-corrected chi connectivity index (χ3v) is 4.88. The van der Waals surface area contributed by atoms with Crippen LogP contribution in [0.4, 0.5) is 4.79 Å². The van der Waals surface area contributed by atoms with Gasteiger partial charge in [-0.3, -0.25) is 4.99 Å². The third kappa shape index (κ3) is 7.88. The molecule has 2 atom stereocenters. The zero-order valence-corrected chi connectivity index (χ0v) is 19.2. The van der Waals surface area contributed by atoms with Crippen LogP contribution >= 0.6 is 24.0 Å². The highest BCUT2D eigenvalue weighted by atomic mass is 127. The van der Waals surface area contributed by atoms with Gasteiger partial charge in [0.1, 0.15) is 5.60 Å². The van der Waals surface area contributed by atoms with Gasteiger partial charge in [-0.15, -0.1) is 24.0 Å². The van der Waals surface area contributed by atoms with Crippen molar-refractivity contribution in [2.45, 2.75) is 65.4 Å². The van der Waals surface area contributed by atoms with E-state index in [1.807, 2.05) is 20.8 Å². The zero-order chi connectivity index (χ0) is 18.3. The Kier molecular flexibility index (Phi) is 10.0. The number of hydrogen-bond donors (Lipinski definition) is 2. The zero-order valence-electron chi connectivity index (χ0n) is 16.8. The number of likely N-dealkylation sites (tertiary alicyclic amines) is 1. The lowest BCUT2D eigenvalue weighted by molar-refractivity contribution is 0.0527. The summed E-state index contributed by atoms with van der Waals surface area (Å²) < 4.78 is 5.23. The van der Waals surface area contributed by atoms with Crippen molar-refractivity contribution >= 4 is 36.0 Å². The third-order valence-electron chi connectivity index (χ3n) is 4.88. The van der Waals surface area contributed by atoms with Crippen molar-refractivity contribution in [2.24, 2.45) is 16.8 Å². The molecule has 26 heavy (non-hydrogen) atoms. The average Bonchev–Trinajstić information content (AvgIpc) is 2.95. The molecule has 2 fully saturated rings. The van der Waals surface area contributed by atoms with Crippen LogP contribution in [0.3, 0.4) is 0 Å². The maximum absolute atomic E-state index is 11.6. The number of nitrogens with zero attached hydrogens (tertiary/aromatic N) is 2. The fraction of sp³-hybridized carbons (Fsp3) is 0.895. The van der Waals surface area contributed by atoms with Crippen molar-refractivity contribution in [3.8, 4) is 0 Å². The van der Waals surface area contributed by atoms with Crippen molar-refractivity contribution in [1.29, 1.82) is 0 Å². The monoisotopic (exact) mass is 480 g/mol. The summed E-state index contributed by atoms with van der Waals surface area (Å²) in [7, 11) is 0. The van der Waals surface area contributed by atoms with E-state index in [-0.39, 0.29) is 30.1 Å². The minimum Gasteiger partial charge on any atom is -0.444 e. The van der Waals surface area contributed by atoms with Gasteiger partial charge in [-0.25, -0.2) is 4.79 Å². The molecule has 0 radical (unpaired) electrons. The Labute approximate surface area is 175 Å². The molecular formula is C19H37IN4O2. The van der Waals surface area contributed by atoms with Crippen molar-refractivity contribution in [1.82, 2.24) is 15.5 Å². The van der Waals surface area contributed by atoms with E-state index < -0.39 is 5.60 Å². The van der Waals surface area contributed by atoms with Gasteiger partial charge in [-0.2, -0.15) is 0 Å². The van der Waals surface area contributed by atoms with Crippen LogP contribution in [0.1, 0.15) is 59.8 Å². The van der Waals surface area contributed by atoms with Gasteiger partial charge in [0.15, 0.2) is 5.96 Å². The fourth-order valence-corrected chi connectivity index (χ4v) is 3.77. The molecule has 2 N–H and O–H groups in total. The average molecular weight is 480 g/mol. The lowest BCUT2D eigenvalue weighted by atomic mass is 9.82. The number of fused-ring (bicyclic) bond motifs is 1. The van der Waals surface area contributed by atoms with Crippen LogP contribution in [0.15, 0.2) is 4.99 Å². The quantitative estimate of drug-likeness (QED) is 0.273. The summed E-state index contributed by atoms with van der Waals surface area (Å²) in [6.45, 7) is 12.2. The van der Waals surface area contributed by atoms with Gasteiger partial charge < -0.3 is 20.3 Å². The largest absolute Gasteiger partial charge is 0.444 e. The Hall–Kier alpha value is -0.730. The highest BCUT2D eigenvalue weighted by Crippen LogP contribution is 2.35. The van der Waals surface area contributed by atoms with Crippen LogP contribution in [-0.4, -0.2) is 55.3 Å². The summed E-state index contributed by atoms with van der Waals surface area (Å²) in [4.78, 5) is 18.8. The van der Waals surface area contributed by atoms with E-state index >= 15 is 0 Å². The summed E-state index contributed by atoms with van der Waals surface area (Å²) in [5.74, 6) is 2.74. The molecule has 1 saturated carbocycles. The molecule has 1 amide bonds. The summed E-state index contributed by atoms with van der Waals surface area (Å²) >= 11 is 0. The summed E-state index contributed by atoms with van der Waals surface area (Å²) in [5, 5.41) is 6.22. The Bertz CT molecular complexity index is 451. The highest BCUT2D eigenvalue weighted by molar-refractivity contribution is 14.0.